The standard InChI is InChI=1S/C22H29N5O2/c1-16(2)9-10-23-20-15-19(24-21(25-20)18-7-5-4-6-8-18)22(29)27-13-11-26(12-14-27)17(3)28/h4-8,15-16H,9-14H2,1-3H3,(H,23,24,25). The van der Waals surface area contributed by atoms with Gasteiger partial charge in [0.2, 0.25) is 5.91 Å². The zero-order valence-corrected chi connectivity index (χ0v) is 17.4. The molecule has 29 heavy (non-hydrogen) atoms. The van der Waals surface area contributed by atoms with Crippen molar-refractivity contribution in [2.45, 2.75) is 27.2 Å². The molecule has 0 aliphatic carbocycles. The number of piperazine rings is 1. The maximum absolute atomic E-state index is 13.1. The highest BCUT2D eigenvalue weighted by atomic mass is 16.2. The van der Waals surface area contributed by atoms with Crippen LogP contribution in [0.5, 0.6) is 0 Å². The number of nitrogens with zero attached hydrogens (tertiary/aromatic N) is 4. The number of amides is 2. The molecule has 1 aromatic heterocycles. The molecular weight excluding hydrogens is 366 g/mol. The molecule has 1 aliphatic rings. The average Bonchev–Trinajstić information content (AvgIpc) is 2.73. The van der Waals surface area contributed by atoms with Crippen LogP contribution in [0.25, 0.3) is 11.4 Å². The molecule has 1 fully saturated rings. The van der Waals surface area contributed by atoms with E-state index in [1.807, 2.05) is 30.3 Å². The third kappa shape index (κ3) is 5.53. The van der Waals surface area contributed by atoms with Crippen molar-refractivity contribution >= 4 is 17.6 Å². The first-order valence-corrected chi connectivity index (χ1v) is 10.2. The van der Waals surface area contributed by atoms with Crippen molar-refractivity contribution in [2.75, 3.05) is 38.0 Å². The van der Waals surface area contributed by atoms with Gasteiger partial charge < -0.3 is 15.1 Å². The van der Waals surface area contributed by atoms with E-state index in [4.69, 9.17) is 0 Å². The molecule has 0 bridgehead atoms. The predicted octanol–water partition coefficient (Wildman–Crippen LogP) is 2.91. The van der Waals surface area contributed by atoms with Gasteiger partial charge in [0.25, 0.3) is 5.91 Å². The maximum Gasteiger partial charge on any atom is 0.272 e. The van der Waals surface area contributed by atoms with Crippen LogP contribution in [0.1, 0.15) is 37.7 Å². The van der Waals surface area contributed by atoms with Gasteiger partial charge in [-0.05, 0) is 12.3 Å². The quantitative estimate of drug-likeness (QED) is 0.814. The lowest BCUT2D eigenvalue weighted by Gasteiger charge is -2.34. The molecule has 1 saturated heterocycles. The zero-order chi connectivity index (χ0) is 20.8. The van der Waals surface area contributed by atoms with Crippen LogP contribution in [0, 0.1) is 5.92 Å². The van der Waals surface area contributed by atoms with Gasteiger partial charge in [0.1, 0.15) is 11.5 Å². The van der Waals surface area contributed by atoms with Crippen molar-refractivity contribution in [2.24, 2.45) is 5.92 Å². The Morgan fingerprint density at radius 2 is 1.69 bits per heavy atom. The van der Waals surface area contributed by atoms with E-state index in [2.05, 4.69) is 29.1 Å². The van der Waals surface area contributed by atoms with Gasteiger partial charge in [0.05, 0.1) is 0 Å². The van der Waals surface area contributed by atoms with Crippen molar-refractivity contribution in [3.8, 4) is 11.4 Å². The molecule has 1 aliphatic heterocycles. The molecule has 7 heteroatoms. The lowest BCUT2D eigenvalue weighted by atomic mass is 10.1. The molecule has 2 aromatic rings. The summed E-state index contributed by atoms with van der Waals surface area (Å²) < 4.78 is 0. The van der Waals surface area contributed by atoms with Gasteiger partial charge in [-0.1, -0.05) is 44.2 Å². The first-order chi connectivity index (χ1) is 13.9. The minimum absolute atomic E-state index is 0.0436. The lowest BCUT2D eigenvalue weighted by Crippen LogP contribution is -2.50. The van der Waals surface area contributed by atoms with Crippen LogP contribution in [-0.4, -0.2) is 64.3 Å². The van der Waals surface area contributed by atoms with Crippen LogP contribution in [-0.2, 0) is 4.79 Å². The third-order valence-electron chi connectivity index (χ3n) is 5.02. The number of rotatable bonds is 6. The van der Waals surface area contributed by atoms with E-state index >= 15 is 0 Å². The smallest absolute Gasteiger partial charge is 0.272 e. The minimum atomic E-state index is -0.125. The van der Waals surface area contributed by atoms with E-state index in [0.29, 0.717) is 49.4 Å². The maximum atomic E-state index is 13.1. The van der Waals surface area contributed by atoms with Crippen LogP contribution in [0.15, 0.2) is 36.4 Å². The van der Waals surface area contributed by atoms with Gasteiger partial charge >= 0.3 is 0 Å². The third-order valence-corrected chi connectivity index (χ3v) is 5.02. The summed E-state index contributed by atoms with van der Waals surface area (Å²) in [5, 5.41) is 3.33. The molecule has 2 amide bonds. The SMILES string of the molecule is CC(=O)N1CCN(C(=O)c2cc(NCCC(C)C)nc(-c3ccccc3)n2)CC1. The first kappa shape index (κ1) is 20.8. The molecule has 2 heterocycles. The number of carbonyl (C=O) groups is 2. The second-order valence-corrected chi connectivity index (χ2v) is 7.74. The Hall–Kier alpha value is -2.96. The molecule has 0 spiro atoms. The summed E-state index contributed by atoms with van der Waals surface area (Å²) in [5.41, 5.74) is 1.25. The van der Waals surface area contributed by atoms with E-state index < -0.39 is 0 Å². The lowest BCUT2D eigenvalue weighted by molar-refractivity contribution is -0.130. The van der Waals surface area contributed by atoms with Crippen LogP contribution < -0.4 is 5.32 Å². The van der Waals surface area contributed by atoms with Crippen LogP contribution in [0.2, 0.25) is 0 Å². The molecule has 0 radical (unpaired) electrons. The fourth-order valence-electron chi connectivity index (χ4n) is 3.24. The number of benzene rings is 1. The summed E-state index contributed by atoms with van der Waals surface area (Å²) >= 11 is 0. The summed E-state index contributed by atoms with van der Waals surface area (Å²) in [4.78, 5) is 37.3. The van der Waals surface area contributed by atoms with Gasteiger partial charge in [-0.3, -0.25) is 9.59 Å². The summed E-state index contributed by atoms with van der Waals surface area (Å²) in [6.07, 6.45) is 1.01. The average molecular weight is 396 g/mol. The Balaban J connectivity index is 1.82. The van der Waals surface area contributed by atoms with Crippen LogP contribution in [0.4, 0.5) is 5.82 Å². The summed E-state index contributed by atoms with van der Waals surface area (Å²) in [6, 6.07) is 11.4. The number of nitrogens with one attached hydrogen (secondary N) is 1. The Bertz CT molecular complexity index is 846. The highest BCUT2D eigenvalue weighted by Gasteiger charge is 2.25. The van der Waals surface area contributed by atoms with Gasteiger partial charge in [-0.25, -0.2) is 9.97 Å². The molecule has 0 atom stereocenters. The van der Waals surface area contributed by atoms with E-state index in [1.54, 1.807) is 22.8 Å². The van der Waals surface area contributed by atoms with Crippen molar-refractivity contribution in [1.29, 1.82) is 0 Å². The summed E-state index contributed by atoms with van der Waals surface area (Å²) in [6.45, 7) is 8.82. The van der Waals surface area contributed by atoms with Crippen molar-refractivity contribution in [3.63, 3.8) is 0 Å². The Labute approximate surface area is 172 Å². The Morgan fingerprint density at radius 3 is 2.31 bits per heavy atom. The van der Waals surface area contributed by atoms with Crippen LogP contribution in [0.3, 0.4) is 0 Å². The second kappa shape index (κ2) is 9.49. The van der Waals surface area contributed by atoms with Crippen molar-refractivity contribution in [1.82, 2.24) is 19.8 Å². The number of hydrogen-bond donors (Lipinski definition) is 1. The highest BCUT2D eigenvalue weighted by molar-refractivity contribution is 5.93. The second-order valence-electron chi connectivity index (χ2n) is 7.74. The molecule has 7 nitrogen and oxygen atoms in total. The predicted molar refractivity (Wildman–Crippen MR) is 114 cm³/mol. The Morgan fingerprint density at radius 1 is 1.03 bits per heavy atom. The molecule has 1 aromatic carbocycles. The highest BCUT2D eigenvalue weighted by Crippen LogP contribution is 2.19. The van der Waals surface area contributed by atoms with E-state index in [1.165, 1.54) is 0 Å². The fraction of sp³-hybridized carbons (Fsp3) is 0.455. The number of aromatic nitrogens is 2. The van der Waals surface area contributed by atoms with E-state index in [0.717, 1.165) is 18.5 Å². The molecule has 0 unspecified atom stereocenters. The monoisotopic (exact) mass is 395 g/mol. The van der Waals surface area contributed by atoms with Gasteiger partial charge in [-0.15, -0.1) is 0 Å². The van der Waals surface area contributed by atoms with Gasteiger partial charge in [0.15, 0.2) is 5.82 Å². The van der Waals surface area contributed by atoms with Gasteiger partial charge in [-0.2, -0.15) is 0 Å². The topological polar surface area (TPSA) is 78.4 Å². The van der Waals surface area contributed by atoms with Crippen molar-refractivity contribution in [3.05, 3.63) is 42.1 Å². The number of anilines is 1. The first-order valence-electron chi connectivity index (χ1n) is 10.2. The summed E-state index contributed by atoms with van der Waals surface area (Å²) in [5.74, 6) is 1.69. The van der Waals surface area contributed by atoms with E-state index in [9.17, 15) is 9.59 Å². The van der Waals surface area contributed by atoms with Gasteiger partial charge in [0, 0.05) is 51.3 Å². The molecule has 3 rings (SSSR count). The zero-order valence-electron chi connectivity index (χ0n) is 17.4. The normalized spacial score (nSPS) is 14.2. The van der Waals surface area contributed by atoms with Crippen LogP contribution >= 0.6 is 0 Å². The van der Waals surface area contributed by atoms with E-state index in [-0.39, 0.29) is 11.8 Å². The molecule has 154 valence electrons. The fourth-order valence-corrected chi connectivity index (χ4v) is 3.24. The largest absolute Gasteiger partial charge is 0.370 e. The molecule has 1 N–H and O–H groups in total. The molecule has 0 saturated carbocycles. The minimum Gasteiger partial charge on any atom is -0.370 e. The van der Waals surface area contributed by atoms with Crippen molar-refractivity contribution < 1.29 is 9.59 Å². The number of carbonyl (C=O) groups excluding carboxylic acids is 2. The summed E-state index contributed by atoms with van der Waals surface area (Å²) in [7, 11) is 0. The number of hydrogen-bond acceptors (Lipinski definition) is 5. The molecular formula is C22H29N5O2. The Kier molecular flexibility index (Phi) is 6.80.